The van der Waals surface area contributed by atoms with Crippen LogP contribution in [0.2, 0.25) is 0 Å². The zero-order valence-corrected chi connectivity index (χ0v) is 4.51. The molecule has 2 heteroatoms. The summed E-state index contributed by atoms with van der Waals surface area (Å²) in [6, 6.07) is 0. The van der Waals surface area contributed by atoms with Gasteiger partial charge in [-0.2, -0.15) is 14.1 Å². The summed E-state index contributed by atoms with van der Waals surface area (Å²) in [4.78, 5) is 0. The van der Waals surface area contributed by atoms with Crippen LogP contribution in [0.15, 0.2) is 0 Å². The zero-order chi connectivity index (χ0) is 2.71. The molecule has 0 atom stereocenters. The maximum absolute atomic E-state index is 3.50. The van der Waals surface area contributed by atoms with Crippen LogP contribution >= 0.6 is 0 Å². The fourth-order valence-corrected chi connectivity index (χ4v) is 0. The van der Waals surface area contributed by atoms with Crippen LogP contribution in [-0.2, 0) is 21.7 Å². The van der Waals surface area contributed by atoms with Crippen molar-refractivity contribution in [2.45, 2.75) is 0 Å². The van der Waals surface area contributed by atoms with Gasteiger partial charge in [0.05, 0.1) is 0 Å². The molecule has 0 heterocycles. The van der Waals surface area contributed by atoms with Crippen LogP contribution in [-0.4, -0.2) is 14.1 Å². The minimum atomic E-state index is 0. The van der Waals surface area contributed by atoms with Gasteiger partial charge >= 0.3 is 21.7 Å². The fraction of sp³-hybridized carbons (Fsp3) is 1.00. The van der Waals surface area contributed by atoms with Gasteiger partial charge in [0.15, 0.2) is 0 Å². The first kappa shape index (κ1) is 8.82. The first-order valence-electron chi connectivity index (χ1n) is 0.894. The molecule has 0 bridgehead atoms. The Morgan fingerprint density at radius 1 is 1.25 bits per heavy atom. The molecular weight excluding hydrogens is 85.9 g/mol. The van der Waals surface area contributed by atoms with E-state index in [0.29, 0.717) is 0 Å². The predicted molar refractivity (Wildman–Crippen MR) is 15.2 cm³/mol. The van der Waals surface area contributed by atoms with E-state index in [1.165, 1.54) is 0 Å². The first-order chi connectivity index (χ1) is 1.41. The van der Waals surface area contributed by atoms with Gasteiger partial charge in [0, 0.05) is 0 Å². The summed E-state index contributed by atoms with van der Waals surface area (Å²) < 4.78 is 0. The number of rotatable bonds is 0. The quantitative estimate of drug-likeness (QED) is 0.389. The van der Waals surface area contributed by atoms with E-state index >= 15 is 0 Å². The van der Waals surface area contributed by atoms with Crippen molar-refractivity contribution in [3.8, 4) is 0 Å². The summed E-state index contributed by atoms with van der Waals surface area (Å²) in [7, 11) is 3.50. The van der Waals surface area contributed by atoms with Crippen LogP contribution in [0.25, 0.3) is 5.32 Å². The molecule has 4 heavy (non-hydrogen) atoms. The van der Waals surface area contributed by atoms with Crippen molar-refractivity contribution in [2.24, 2.45) is 0 Å². The van der Waals surface area contributed by atoms with E-state index in [2.05, 4.69) is 5.32 Å². The number of hydrogen-bond acceptors (Lipinski definition) is 0. The minimum Gasteiger partial charge on any atom is -0.668 e. The predicted octanol–water partition coefficient (Wildman–Crippen LogP) is 0.617. The van der Waals surface area contributed by atoms with Gasteiger partial charge < -0.3 is 5.32 Å². The van der Waals surface area contributed by atoms with Gasteiger partial charge in [-0.15, -0.1) is 0 Å². The third-order valence-electron chi connectivity index (χ3n) is 0. The van der Waals surface area contributed by atoms with Crippen molar-refractivity contribution in [1.82, 2.24) is 0 Å². The van der Waals surface area contributed by atoms with Gasteiger partial charge in [-0.1, -0.05) is 0 Å². The molecule has 1 nitrogen and oxygen atoms in total. The third kappa shape index (κ3) is 16.5. The van der Waals surface area contributed by atoms with Crippen molar-refractivity contribution < 1.29 is 21.7 Å². The molecule has 0 aromatic heterocycles. The SMILES string of the molecule is C[N-]C.[Ti+2]. The van der Waals surface area contributed by atoms with E-state index in [0.717, 1.165) is 0 Å². The molecule has 0 aliphatic heterocycles. The second-order valence-corrected chi connectivity index (χ2v) is 0.447. The van der Waals surface area contributed by atoms with Gasteiger partial charge in [-0.3, -0.25) is 0 Å². The second kappa shape index (κ2) is 9.37. The molecule has 22 valence electrons. The fourth-order valence-electron chi connectivity index (χ4n) is 0. The van der Waals surface area contributed by atoms with Crippen LogP contribution in [0.5, 0.6) is 0 Å². The number of nitrogens with zero attached hydrogens (tertiary/aromatic N) is 1. The molecule has 0 rings (SSSR count). The van der Waals surface area contributed by atoms with Crippen molar-refractivity contribution in [3.63, 3.8) is 0 Å². The molecule has 0 saturated carbocycles. The largest absolute Gasteiger partial charge is 2.00 e. The van der Waals surface area contributed by atoms with E-state index in [1.807, 2.05) is 0 Å². The average Bonchev–Trinajstić information content (AvgIpc) is 0.918. The Hall–Kier alpha value is 0.674. The molecule has 0 aliphatic rings. The Labute approximate surface area is 41.7 Å². The Kier molecular flexibility index (Phi) is 20.7. The molecular formula is C2H6NTi+. The van der Waals surface area contributed by atoms with Crippen molar-refractivity contribution in [3.05, 3.63) is 5.32 Å². The summed E-state index contributed by atoms with van der Waals surface area (Å²) in [6.45, 7) is 0. The molecule has 0 unspecified atom stereocenters. The molecule has 0 aromatic carbocycles. The second-order valence-electron chi connectivity index (χ2n) is 0.447. The normalized spacial score (nSPS) is 4.50. The van der Waals surface area contributed by atoms with Crippen LogP contribution in [0.1, 0.15) is 0 Å². The molecule has 0 fully saturated rings. The van der Waals surface area contributed by atoms with Crippen LogP contribution in [0.3, 0.4) is 0 Å². The molecule has 0 radical (unpaired) electrons. The van der Waals surface area contributed by atoms with Gasteiger partial charge in [0.2, 0.25) is 0 Å². The monoisotopic (exact) mass is 92.0 g/mol. The summed E-state index contributed by atoms with van der Waals surface area (Å²) in [5.41, 5.74) is 0. The van der Waals surface area contributed by atoms with E-state index in [1.54, 1.807) is 14.1 Å². The Balaban J connectivity index is 0. The van der Waals surface area contributed by atoms with Gasteiger partial charge in [-0.05, 0) is 0 Å². The van der Waals surface area contributed by atoms with E-state index in [9.17, 15) is 0 Å². The smallest absolute Gasteiger partial charge is 0.668 e. The Morgan fingerprint density at radius 3 is 1.25 bits per heavy atom. The number of hydrogen-bond donors (Lipinski definition) is 0. The molecule has 0 saturated heterocycles. The van der Waals surface area contributed by atoms with E-state index in [-0.39, 0.29) is 21.7 Å². The molecule has 0 spiro atoms. The maximum atomic E-state index is 3.50. The van der Waals surface area contributed by atoms with Gasteiger partial charge in [0.1, 0.15) is 0 Å². The van der Waals surface area contributed by atoms with Crippen molar-refractivity contribution in [2.75, 3.05) is 14.1 Å². The molecule has 0 aromatic rings. The summed E-state index contributed by atoms with van der Waals surface area (Å²) in [6.07, 6.45) is 0. The molecule has 0 amide bonds. The molecule has 0 N–H and O–H groups in total. The minimum absolute atomic E-state index is 0. The van der Waals surface area contributed by atoms with Crippen LogP contribution in [0.4, 0.5) is 0 Å². The summed E-state index contributed by atoms with van der Waals surface area (Å²) >= 11 is 0. The summed E-state index contributed by atoms with van der Waals surface area (Å²) in [5, 5.41) is 3.50. The standard InChI is InChI=1S/C2H6N.Ti/c1-3-2;/h1-2H3;/q-1;+2. The van der Waals surface area contributed by atoms with E-state index < -0.39 is 0 Å². The topological polar surface area (TPSA) is 14.1 Å². The van der Waals surface area contributed by atoms with Gasteiger partial charge in [-0.25, -0.2) is 0 Å². The average molecular weight is 91.9 g/mol. The van der Waals surface area contributed by atoms with Crippen LogP contribution < -0.4 is 0 Å². The Bertz CT molecular complexity index is 6.00. The Morgan fingerprint density at radius 2 is 1.25 bits per heavy atom. The van der Waals surface area contributed by atoms with Crippen molar-refractivity contribution >= 4 is 0 Å². The van der Waals surface area contributed by atoms with Crippen LogP contribution in [0, 0.1) is 0 Å². The maximum Gasteiger partial charge on any atom is 2.00 e. The molecule has 0 aliphatic carbocycles. The first-order valence-corrected chi connectivity index (χ1v) is 0.894. The summed E-state index contributed by atoms with van der Waals surface area (Å²) in [5.74, 6) is 0. The van der Waals surface area contributed by atoms with E-state index in [4.69, 9.17) is 0 Å². The third-order valence-corrected chi connectivity index (χ3v) is 0. The van der Waals surface area contributed by atoms with Crippen molar-refractivity contribution in [1.29, 1.82) is 0 Å². The zero-order valence-electron chi connectivity index (χ0n) is 2.95. The van der Waals surface area contributed by atoms with Gasteiger partial charge in [0.25, 0.3) is 0 Å².